The summed E-state index contributed by atoms with van der Waals surface area (Å²) in [5.41, 5.74) is 1.23. The lowest BCUT2D eigenvalue weighted by Crippen LogP contribution is -2.28. The Morgan fingerprint density at radius 2 is 1.87 bits per heavy atom. The van der Waals surface area contributed by atoms with Crippen molar-refractivity contribution >= 4 is 62.5 Å². The molecule has 1 saturated heterocycles. The van der Waals surface area contributed by atoms with Gasteiger partial charge in [-0.3, -0.25) is 24.1 Å². The number of amides is 3. The Labute approximate surface area is 185 Å². The van der Waals surface area contributed by atoms with E-state index in [2.05, 4.69) is 4.99 Å². The number of esters is 1. The average molecular weight is 458 g/mol. The molecule has 0 aliphatic carbocycles. The number of benzene rings is 2. The molecule has 0 unspecified atom stereocenters. The number of thiazole rings is 1. The van der Waals surface area contributed by atoms with Crippen molar-refractivity contribution in [3.05, 3.63) is 57.9 Å². The summed E-state index contributed by atoms with van der Waals surface area (Å²) in [7, 11) is 1.28. The highest BCUT2D eigenvalue weighted by Crippen LogP contribution is 2.24. The molecule has 0 atom stereocenters. The van der Waals surface area contributed by atoms with E-state index >= 15 is 0 Å². The van der Waals surface area contributed by atoms with E-state index in [-0.39, 0.29) is 36.8 Å². The van der Waals surface area contributed by atoms with Crippen molar-refractivity contribution in [1.82, 2.24) is 4.57 Å². The minimum atomic E-state index is -0.572. The first-order chi connectivity index (χ1) is 14.9. The number of rotatable bonds is 4. The SMILES string of the molecule is COC(=O)Cn1c(=NC(=O)c2cccc(N3C(=O)CCC3=O)c2)sc2cc(Cl)ccc21. The number of carbonyl (C=O) groups excluding carboxylic acids is 4. The summed E-state index contributed by atoms with van der Waals surface area (Å²) < 4.78 is 7.09. The molecule has 158 valence electrons. The molecule has 1 aromatic heterocycles. The Bertz CT molecular complexity index is 1290. The number of hydrogen-bond acceptors (Lipinski definition) is 6. The zero-order valence-corrected chi connectivity index (χ0v) is 17.9. The van der Waals surface area contributed by atoms with E-state index < -0.39 is 11.9 Å². The van der Waals surface area contributed by atoms with Crippen molar-refractivity contribution in [2.45, 2.75) is 19.4 Å². The van der Waals surface area contributed by atoms with Crippen LogP contribution >= 0.6 is 22.9 Å². The third-order valence-electron chi connectivity index (χ3n) is 4.76. The Morgan fingerprint density at radius 3 is 2.58 bits per heavy atom. The van der Waals surface area contributed by atoms with Gasteiger partial charge in [-0.1, -0.05) is 29.0 Å². The minimum Gasteiger partial charge on any atom is -0.468 e. The number of nitrogens with zero attached hydrogens (tertiary/aromatic N) is 3. The Balaban J connectivity index is 1.76. The molecule has 1 fully saturated rings. The fraction of sp³-hybridized carbons (Fsp3) is 0.190. The van der Waals surface area contributed by atoms with E-state index in [4.69, 9.17) is 16.3 Å². The predicted molar refractivity (Wildman–Crippen MR) is 115 cm³/mol. The quantitative estimate of drug-likeness (QED) is 0.443. The number of methoxy groups -OCH3 is 1. The van der Waals surface area contributed by atoms with Crippen LogP contribution in [0, 0.1) is 0 Å². The van der Waals surface area contributed by atoms with Gasteiger partial charge in [0, 0.05) is 23.4 Å². The molecule has 0 spiro atoms. The largest absolute Gasteiger partial charge is 0.468 e. The molecular weight excluding hydrogens is 442 g/mol. The maximum atomic E-state index is 12.9. The summed E-state index contributed by atoms with van der Waals surface area (Å²) in [5, 5.41) is 0.518. The van der Waals surface area contributed by atoms with Gasteiger partial charge >= 0.3 is 5.97 Å². The van der Waals surface area contributed by atoms with Crippen LogP contribution in [0.3, 0.4) is 0 Å². The number of carbonyl (C=O) groups is 4. The summed E-state index contributed by atoms with van der Waals surface area (Å²) >= 11 is 7.28. The van der Waals surface area contributed by atoms with E-state index in [9.17, 15) is 19.2 Å². The molecule has 4 rings (SSSR count). The topological polar surface area (TPSA) is 98.0 Å². The third-order valence-corrected chi connectivity index (χ3v) is 6.04. The van der Waals surface area contributed by atoms with E-state index in [0.717, 1.165) is 9.60 Å². The van der Waals surface area contributed by atoms with E-state index in [0.29, 0.717) is 21.0 Å². The minimum absolute atomic E-state index is 0.124. The second-order valence-corrected chi connectivity index (χ2v) is 8.19. The molecule has 3 amide bonds. The summed E-state index contributed by atoms with van der Waals surface area (Å²) in [6, 6.07) is 11.3. The normalized spacial score (nSPS) is 14.5. The monoisotopic (exact) mass is 457 g/mol. The lowest BCUT2D eigenvalue weighted by molar-refractivity contribution is -0.141. The van der Waals surface area contributed by atoms with Crippen molar-refractivity contribution in [3.8, 4) is 0 Å². The van der Waals surface area contributed by atoms with Crippen LogP contribution in [0.4, 0.5) is 5.69 Å². The van der Waals surface area contributed by atoms with Crippen molar-refractivity contribution in [2.75, 3.05) is 12.0 Å². The lowest BCUT2D eigenvalue weighted by Gasteiger charge is -2.14. The molecule has 1 aliphatic rings. The first-order valence-electron chi connectivity index (χ1n) is 9.28. The Hall–Kier alpha value is -3.30. The molecule has 31 heavy (non-hydrogen) atoms. The number of anilines is 1. The number of halogens is 1. The van der Waals surface area contributed by atoms with Crippen LogP contribution in [0.2, 0.25) is 5.02 Å². The Morgan fingerprint density at radius 1 is 1.13 bits per heavy atom. The van der Waals surface area contributed by atoms with Crippen LogP contribution in [-0.4, -0.2) is 35.4 Å². The van der Waals surface area contributed by atoms with Gasteiger partial charge in [0.2, 0.25) is 11.8 Å². The van der Waals surface area contributed by atoms with Gasteiger partial charge in [0.1, 0.15) is 6.54 Å². The van der Waals surface area contributed by atoms with Crippen LogP contribution in [0.5, 0.6) is 0 Å². The maximum Gasteiger partial charge on any atom is 0.325 e. The van der Waals surface area contributed by atoms with E-state index in [1.54, 1.807) is 41.0 Å². The molecule has 0 N–H and O–H groups in total. The molecule has 8 nitrogen and oxygen atoms in total. The highest BCUT2D eigenvalue weighted by molar-refractivity contribution is 7.16. The molecule has 10 heteroatoms. The van der Waals surface area contributed by atoms with Gasteiger partial charge in [-0.15, -0.1) is 0 Å². The van der Waals surface area contributed by atoms with Gasteiger partial charge in [0.05, 0.1) is 23.0 Å². The zero-order chi connectivity index (χ0) is 22.1. The number of hydrogen-bond donors (Lipinski definition) is 0. The molecular formula is C21H16ClN3O5S. The fourth-order valence-corrected chi connectivity index (χ4v) is 4.58. The summed E-state index contributed by atoms with van der Waals surface area (Å²) in [4.78, 5) is 54.4. The highest BCUT2D eigenvalue weighted by Gasteiger charge is 2.30. The van der Waals surface area contributed by atoms with Crippen molar-refractivity contribution in [3.63, 3.8) is 0 Å². The van der Waals surface area contributed by atoms with Gasteiger partial charge in [-0.05, 0) is 36.4 Å². The van der Waals surface area contributed by atoms with Crippen LogP contribution < -0.4 is 9.70 Å². The zero-order valence-electron chi connectivity index (χ0n) is 16.3. The second kappa shape index (κ2) is 8.44. The van der Waals surface area contributed by atoms with E-state index in [1.165, 1.54) is 24.5 Å². The van der Waals surface area contributed by atoms with Crippen LogP contribution in [0.1, 0.15) is 23.2 Å². The fourth-order valence-electron chi connectivity index (χ4n) is 3.27. The van der Waals surface area contributed by atoms with Crippen molar-refractivity contribution < 1.29 is 23.9 Å². The predicted octanol–water partition coefficient (Wildman–Crippen LogP) is 2.92. The number of imide groups is 1. The lowest BCUT2D eigenvalue weighted by atomic mass is 10.2. The first-order valence-corrected chi connectivity index (χ1v) is 10.5. The smallest absolute Gasteiger partial charge is 0.325 e. The molecule has 2 aromatic carbocycles. The van der Waals surface area contributed by atoms with Gasteiger partial charge < -0.3 is 9.30 Å². The van der Waals surface area contributed by atoms with Crippen LogP contribution in [0.25, 0.3) is 10.2 Å². The van der Waals surface area contributed by atoms with Gasteiger partial charge in [-0.25, -0.2) is 0 Å². The van der Waals surface area contributed by atoms with Crippen LogP contribution in [-0.2, 0) is 25.7 Å². The molecule has 0 bridgehead atoms. The summed E-state index contributed by atoms with van der Waals surface area (Å²) in [6.45, 7) is -0.124. The van der Waals surface area contributed by atoms with Gasteiger partial charge in [0.15, 0.2) is 4.80 Å². The second-order valence-electron chi connectivity index (χ2n) is 6.75. The highest BCUT2D eigenvalue weighted by atomic mass is 35.5. The maximum absolute atomic E-state index is 12.9. The van der Waals surface area contributed by atoms with Gasteiger partial charge in [-0.2, -0.15) is 4.99 Å². The van der Waals surface area contributed by atoms with Gasteiger partial charge in [0.25, 0.3) is 5.91 Å². The van der Waals surface area contributed by atoms with E-state index in [1.807, 2.05) is 0 Å². The number of fused-ring (bicyclic) bond motifs is 1. The molecule has 0 radical (unpaired) electrons. The molecule has 3 aromatic rings. The van der Waals surface area contributed by atoms with Crippen LogP contribution in [0.15, 0.2) is 47.5 Å². The van der Waals surface area contributed by atoms with Crippen molar-refractivity contribution in [2.24, 2.45) is 4.99 Å². The third kappa shape index (κ3) is 4.14. The molecule has 0 saturated carbocycles. The standard InChI is InChI=1S/C21H16ClN3O5S/c1-30-19(28)11-24-15-6-5-13(22)10-16(15)31-21(24)23-20(29)12-3-2-4-14(9-12)25-17(26)7-8-18(25)27/h2-6,9-10H,7-8,11H2,1H3. The summed E-state index contributed by atoms with van der Waals surface area (Å²) in [5.74, 6) is -1.67. The Kier molecular flexibility index (Phi) is 5.71. The number of aromatic nitrogens is 1. The molecule has 2 heterocycles. The molecule has 1 aliphatic heterocycles. The average Bonchev–Trinajstić information content (AvgIpc) is 3.26. The van der Waals surface area contributed by atoms with Crippen molar-refractivity contribution in [1.29, 1.82) is 0 Å². The summed E-state index contributed by atoms with van der Waals surface area (Å²) in [6.07, 6.45) is 0.304. The number of ether oxygens (including phenoxy) is 1. The first kappa shape index (κ1) is 21.0.